The molecule has 1 saturated carbocycles. The lowest BCUT2D eigenvalue weighted by Gasteiger charge is -2.18. The van der Waals surface area contributed by atoms with E-state index in [-0.39, 0.29) is 30.3 Å². The van der Waals surface area contributed by atoms with Crippen LogP contribution in [0.25, 0.3) is 10.9 Å². The van der Waals surface area contributed by atoms with Gasteiger partial charge in [-0.25, -0.2) is 0 Å². The summed E-state index contributed by atoms with van der Waals surface area (Å²) in [6, 6.07) is 15.9. The summed E-state index contributed by atoms with van der Waals surface area (Å²) in [6.45, 7) is 2.16. The number of amides is 1. The number of ether oxygens (including phenoxy) is 2. The van der Waals surface area contributed by atoms with E-state index in [1.54, 1.807) is 7.11 Å². The van der Waals surface area contributed by atoms with Crippen LogP contribution in [0.2, 0.25) is 0 Å². The smallest absolute Gasteiger partial charge is 0.309 e. The first-order valence-electron chi connectivity index (χ1n) is 10.2. The van der Waals surface area contributed by atoms with E-state index in [2.05, 4.69) is 16.4 Å². The SMILES string of the molecule is COc1ccc([C@H](CNC(=O)COC(=O)[C@H]2C[C@H]2C)c2c[nH]c3ccccc23)cc1. The maximum absolute atomic E-state index is 12.3. The number of methoxy groups -OCH3 is 1. The molecule has 4 rings (SSSR count). The Morgan fingerprint density at radius 3 is 2.60 bits per heavy atom. The molecule has 3 aromatic rings. The van der Waals surface area contributed by atoms with Crippen LogP contribution in [0.3, 0.4) is 0 Å². The molecular formula is C24H26N2O4. The number of para-hydroxylation sites is 1. The van der Waals surface area contributed by atoms with Crippen LogP contribution in [0.4, 0.5) is 0 Å². The van der Waals surface area contributed by atoms with E-state index >= 15 is 0 Å². The first-order chi connectivity index (χ1) is 14.6. The molecule has 1 amide bonds. The summed E-state index contributed by atoms with van der Waals surface area (Å²) in [5.74, 6) is 0.464. The highest BCUT2D eigenvalue weighted by Crippen LogP contribution is 2.38. The fraction of sp³-hybridized carbons (Fsp3) is 0.333. The number of esters is 1. The van der Waals surface area contributed by atoms with Crippen molar-refractivity contribution in [1.29, 1.82) is 0 Å². The molecule has 2 N–H and O–H groups in total. The van der Waals surface area contributed by atoms with E-state index in [9.17, 15) is 9.59 Å². The van der Waals surface area contributed by atoms with E-state index < -0.39 is 0 Å². The Bertz CT molecular complexity index is 1040. The minimum Gasteiger partial charge on any atom is -0.497 e. The Balaban J connectivity index is 1.48. The predicted octanol–water partition coefficient (Wildman–Crippen LogP) is 3.62. The monoisotopic (exact) mass is 406 g/mol. The number of nitrogens with one attached hydrogen (secondary N) is 2. The number of benzene rings is 2. The van der Waals surface area contributed by atoms with Gasteiger partial charge in [0.15, 0.2) is 6.61 Å². The van der Waals surface area contributed by atoms with Crippen LogP contribution >= 0.6 is 0 Å². The molecule has 1 aliphatic carbocycles. The zero-order valence-electron chi connectivity index (χ0n) is 17.2. The molecule has 0 spiro atoms. The zero-order valence-corrected chi connectivity index (χ0v) is 17.2. The van der Waals surface area contributed by atoms with E-state index in [4.69, 9.17) is 9.47 Å². The van der Waals surface area contributed by atoms with Crippen molar-refractivity contribution in [1.82, 2.24) is 10.3 Å². The average Bonchev–Trinajstić information content (AvgIpc) is 3.36. The molecule has 0 unspecified atom stereocenters. The van der Waals surface area contributed by atoms with Gasteiger partial charge in [0.1, 0.15) is 5.75 Å². The van der Waals surface area contributed by atoms with Crippen LogP contribution in [0.15, 0.2) is 54.7 Å². The number of aromatic nitrogens is 1. The minimum absolute atomic E-state index is 0.0453. The van der Waals surface area contributed by atoms with Gasteiger partial charge in [0, 0.05) is 29.6 Å². The zero-order chi connectivity index (χ0) is 21.1. The third kappa shape index (κ3) is 4.32. The Kier molecular flexibility index (Phi) is 5.74. The molecule has 1 aliphatic rings. The molecule has 1 heterocycles. The molecule has 1 aromatic heterocycles. The lowest BCUT2D eigenvalue weighted by atomic mass is 9.91. The highest BCUT2D eigenvalue weighted by atomic mass is 16.5. The summed E-state index contributed by atoms with van der Waals surface area (Å²) in [5.41, 5.74) is 3.20. The third-order valence-electron chi connectivity index (χ3n) is 5.78. The van der Waals surface area contributed by atoms with Crippen molar-refractivity contribution in [2.24, 2.45) is 11.8 Å². The molecular weight excluding hydrogens is 380 g/mol. The van der Waals surface area contributed by atoms with Gasteiger partial charge >= 0.3 is 5.97 Å². The molecule has 3 atom stereocenters. The fourth-order valence-corrected chi connectivity index (χ4v) is 3.79. The summed E-state index contributed by atoms with van der Waals surface area (Å²) in [7, 11) is 1.63. The summed E-state index contributed by atoms with van der Waals surface area (Å²) < 4.78 is 10.4. The highest BCUT2D eigenvalue weighted by molar-refractivity contribution is 5.85. The van der Waals surface area contributed by atoms with Gasteiger partial charge in [0.25, 0.3) is 5.91 Å². The number of hydrogen-bond acceptors (Lipinski definition) is 4. The summed E-state index contributed by atoms with van der Waals surface area (Å²) >= 11 is 0. The molecule has 30 heavy (non-hydrogen) atoms. The van der Waals surface area contributed by atoms with Crippen molar-refractivity contribution in [2.45, 2.75) is 19.3 Å². The average molecular weight is 406 g/mol. The summed E-state index contributed by atoms with van der Waals surface area (Å²) in [5, 5.41) is 4.04. The van der Waals surface area contributed by atoms with Crippen molar-refractivity contribution >= 4 is 22.8 Å². The first kappa shape index (κ1) is 20.0. The van der Waals surface area contributed by atoms with Crippen LogP contribution in [0.5, 0.6) is 5.75 Å². The first-order valence-corrected chi connectivity index (χ1v) is 10.2. The maximum Gasteiger partial charge on any atom is 0.309 e. The van der Waals surface area contributed by atoms with E-state index in [1.165, 1.54) is 0 Å². The molecule has 6 heteroatoms. The second-order valence-corrected chi connectivity index (χ2v) is 7.85. The topological polar surface area (TPSA) is 80.4 Å². The molecule has 156 valence electrons. The van der Waals surface area contributed by atoms with Gasteiger partial charge in [-0.2, -0.15) is 0 Å². The van der Waals surface area contributed by atoms with Gasteiger partial charge < -0.3 is 19.8 Å². The Labute approximate surface area is 175 Å². The van der Waals surface area contributed by atoms with Crippen LogP contribution in [0.1, 0.15) is 30.4 Å². The van der Waals surface area contributed by atoms with Gasteiger partial charge in [0.05, 0.1) is 13.0 Å². The quantitative estimate of drug-likeness (QED) is 0.560. The van der Waals surface area contributed by atoms with Crippen LogP contribution < -0.4 is 10.1 Å². The second-order valence-electron chi connectivity index (χ2n) is 7.85. The molecule has 0 saturated heterocycles. The third-order valence-corrected chi connectivity index (χ3v) is 5.78. The van der Waals surface area contributed by atoms with Crippen molar-refractivity contribution < 1.29 is 19.1 Å². The largest absolute Gasteiger partial charge is 0.497 e. The molecule has 0 bridgehead atoms. The van der Waals surface area contributed by atoms with Crippen molar-refractivity contribution in [3.8, 4) is 5.75 Å². The Morgan fingerprint density at radius 2 is 1.90 bits per heavy atom. The number of H-pyrrole nitrogens is 1. The lowest BCUT2D eigenvalue weighted by Crippen LogP contribution is -2.32. The van der Waals surface area contributed by atoms with E-state index in [1.807, 2.05) is 55.6 Å². The van der Waals surface area contributed by atoms with Crippen molar-refractivity contribution in [2.75, 3.05) is 20.3 Å². The standard InChI is InChI=1S/C24H26N2O4/c1-15-11-19(15)24(28)30-14-23(27)26-12-20(16-7-9-17(29-2)10-8-16)21-13-25-22-6-4-3-5-18(21)22/h3-10,13,15,19-20,25H,11-12,14H2,1-2H3,(H,26,27)/t15-,19+,20+/m1/s1. The van der Waals surface area contributed by atoms with Gasteiger partial charge in [-0.05, 0) is 41.7 Å². The number of carbonyl (C=O) groups is 2. The van der Waals surface area contributed by atoms with Crippen LogP contribution in [0, 0.1) is 11.8 Å². The van der Waals surface area contributed by atoms with Gasteiger partial charge in [-0.3, -0.25) is 9.59 Å². The Hall–Kier alpha value is -3.28. The fourth-order valence-electron chi connectivity index (χ4n) is 3.79. The number of hydrogen-bond donors (Lipinski definition) is 2. The molecule has 2 aromatic carbocycles. The van der Waals surface area contributed by atoms with Crippen molar-refractivity contribution in [3.05, 3.63) is 65.9 Å². The minimum atomic E-state index is -0.296. The van der Waals surface area contributed by atoms with Crippen LogP contribution in [-0.2, 0) is 14.3 Å². The van der Waals surface area contributed by atoms with Gasteiger partial charge in [-0.15, -0.1) is 0 Å². The second kappa shape index (κ2) is 8.61. The number of fused-ring (bicyclic) bond motifs is 1. The summed E-state index contributed by atoms with van der Waals surface area (Å²) in [4.78, 5) is 27.5. The van der Waals surface area contributed by atoms with Crippen molar-refractivity contribution in [3.63, 3.8) is 0 Å². The lowest BCUT2D eigenvalue weighted by molar-refractivity contribution is -0.150. The summed E-state index contributed by atoms with van der Waals surface area (Å²) in [6.07, 6.45) is 2.83. The molecule has 6 nitrogen and oxygen atoms in total. The molecule has 0 radical (unpaired) electrons. The maximum atomic E-state index is 12.3. The number of carbonyl (C=O) groups excluding carboxylic acids is 2. The Morgan fingerprint density at radius 1 is 1.17 bits per heavy atom. The van der Waals surface area contributed by atoms with E-state index in [0.717, 1.165) is 34.2 Å². The predicted molar refractivity (Wildman–Crippen MR) is 114 cm³/mol. The van der Waals surface area contributed by atoms with Crippen LogP contribution in [-0.4, -0.2) is 37.1 Å². The number of aromatic amines is 1. The normalized spacial score (nSPS) is 18.6. The molecule has 0 aliphatic heterocycles. The molecule has 1 fully saturated rings. The highest BCUT2D eigenvalue weighted by Gasteiger charge is 2.40. The van der Waals surface area contributed by atoms with Gasteiger partial charge in [-0.1, -0.05) is 37.3 Å². The van der Waals surface area contributed by atoms with Gasteiger partial charge in [0.2, 0.25) is 0 Å². The van der Waals surface area contributed by atoms with E-state index in [0.29, 0.717) is 12.5 Å². The number of rotatable bonds is 8.